The van der Waals surface area contributed by atoms with Gasteiger partial charge in [-0.3, -0.25) is 0 Å². The van der Waals surface area contributed by atoms with Gasteiger partial charge in [0.25, 0.3) is 0 Å². The molecule has 0 aromatic heterocycles. The summed E-state index contributed by atoms with van der Waals surface area (Å²) in [5.74, 6) is 0. The van der Waals surface area contributed by atoms with Gasteiger partial charge in [0.2, 0.25) is 0 Å². The molecule has 0 aromatic rings. The van der Waals surface area contributed by atoms with Crippen LogP contribution in [0.25, 0.3) is 0 Å². The Bertz CT molecular complexity index is 9.61. The van der Waals surface area contributed by atoms with Crippen LogP contribution in [0.2, 0.25) is 0 Å². The third kappa shape index (κ3) is 41.4. The van der Waals surface area contributed by atoms with E-state index in [4.69, 9.17) is 0 Å². The van der Waals surface area contributed by atoms with Crippen LogP contribution < -0.4 is 0 Å². The molecule has 0 heterocycles. The average Bonchev–Trinajstić information content (AvgIpc) is 0.918. The van der Waals surface area contributed by atoms with Gasteiger partial charge in [0, 0.05) is 31.3 Å². The molecule has 0 rings (SSSR count). The first-order valence-corrected chi connectivity index (χ1v) is 0.816. The molecule has 0 spiro atoms. The SMILES string of the molecule is COC.[Cu].[LiH]. The Balaban J connectivity index is -0.0000000200. The molecule has 0 saturated heterocycles. The Morgan fingerprint density at radius 1 is 1.20 bits per heavy atom. The van der Waals surface area contributed by atoms with Crippen molar-refractivity contribution in [3.8, 4) is 0 Å². The van der Waals surface area contributed by atoms with Gasteiger partial charge >= 0.3 is 18.9 Å². The molecular weight excluding hydrogens is 111 g/mol. The molecule has 1 radical (unpaired) electrons. The summed E-state index contributed by atoms with van der Waals surface area (Å²) in [7, 11) is 3.25. The molecule has 33 valence electrons. The quantitative estimate of drug-likeness (QED) is 0.393. The van der Waals surface area contributed by atoms with Crippen LogP contribution in [0, 0.1) is 0 Å². The van der Waals surface area contributed by atoms with Gasteiger partial charge in [-0.15, -0.1) is 0 Å². The Morgan fingerprint density at radius 3 is 1.20 bits per heavy atom. The van der Waals surface area contributed by atoms with Gasteiger partial charge in [0.05, 0.1) is 0 Å². The number of hydrogen-bond acceptors (Lipinski definition) is 1. The Kier molecular flexibility index (Phi) is 64.7. The fraction of sp³-hybridized carbons (Fsp3) is 1.00. The van der Waals surface area contributed by atoms with E-state index in [1.54, 1.807) is 14.2 Å². The predicted molar refractivity (Wildman–Crippen MR) is 20.1 cm³/mol. The van der Waals surface area contributed by atoms with Gasteiger partial charge in [0.1, 0.15) is 0 Å². The molecule has 0 fully saturated rings. The monoisotopic (exact) mass is 117 g/mol. The summed E-state index contributed by atoms with van der Waals surface area (Å²) in [6.45, 7) is 0. The van der Waals surface area contributed by atoms with Crippen molar-refractivity contribution < 1.29 is 21.8 Å². The van der Waals surface area contributed by atoms with Gasteiger partial charge < -0.3 is 4.74 Å². The van der Waals surface area contributed by atoms with E-state index in [1.165, 1.54) is 0 Å². The van der Waals surface area contributed by atoms with Gasteiger partial charge in [-0.25, -0.2) is 0 Å². The van der Waals surface area contributed by atoms with Crippen molar-refractivity contribution in [2.45, 2.75) is 0 Å². The van der Waals surface area contributed by atoms with Crippen LogP contribution in [-0.4, -0.2) is 33.1 Å². The van der Waals surface area contributed by atoms with E-state index < -0.39 is 0 Å². The molecule has 0 atom stereocenters. The number of ether oxygens (including phenoxy) is 1. The molecule has 0 aliphatic heterocycles. The first-order valence-electron chi connectivity index (χ1n) is 0.816. The third-order valence-electron chi connectivity index (χ3n) is 0. The predicted octanol–water partition coefficient (Wildman–Crippen LogP) is -0.388. The topological polar surface area (TPSA) is 9.23 Å². The standard InChI is InChI=1S/C2H6O.Cu.Li.H/c1-3-2;;;/h1-2H3;;;. The van der Waals surface area contributed by atoms with Crippen LogP contribution >= 0.6 is 0 Å². The van der Waals surface area contributed by atoms with Crippen molar-refractivity contribution in [2.75, 3.05) is 14.2 Å². The van der Waals surface area contributed by atoms with Crippen molar-refractivity contribution in [1.29, 1.82) is 0 Å². The van der Waals surface area contributed by atoms with Crippen LogP contribution in [0.4, 0.5) is 0 Å². The van der Waals surface area contributed by atoms with Gasteiger partial charge in [0.15, 0.2) is 0 Å². The van der Waals surface area contributed by atoms with Crippen LogP contribution in [0.3, 0.4) is 0 Å². The maximum absolute atomic E-state index is 4.25. The van der Waals surface area contributed by atoms with E-state index in [9.17, 15) is 0 Å². The molecule has 0 aliphatic rings. The molecule has 1 nitrogen and oxygen atoms in total. The van der Waals surface area contributed by atoms with E-state index in [1.807, 2.05) is 0 Å². The summed E-state index contributed by atoms with van der Waals surface area (Å²) in [5.41, 5.74) is 0. The summed E-state index contributed by atoms with van der Waals surface area (Å²) in [5, 5.41) is 0. The van der Waals surface area contributed by atoms with Crippen molar-refractivity contribution in [1.82, 2.24) is 0 Å². The van der Waals surface area contributed by atoms with Gasteiger partial charge in [-0.05, 0) is 0 Å². The second-order valence-electron chi connectivity index (χ2n) is 0.408. The van der Waals surface area contributed by atoms with Crippen molar-refractivity contribution in [2.24, 2.45) is 0 Å². The Hall–Kier alpha value is 1.08. The fourth-order valence-electron chi connectivity index (χ4n) is 0. The third-order valence-corrected chi connectivity index (χ3v) is 0. The molecule has 0 saturated carbocycles. The van der Waals surface area contributed by atoms with Crippen molar-refractivity contribution in [3.05, 3.63) is 0 Å². The van der Waals surface area contributed by atoms with Crippen LogP contribution in [0.15, 0.2) is 0 Å². The zero-order chi connectivity index (χ0) is 2.71. The molecule has 0 amide bonds. The first-order chi connectivity index (χ1) is 1.41. The van der Waals surface area contributed by atoms with Crippen LogP contribution in [-0.2, 0) is 21.8 Å². The number of methoxy groups -OCH3 is 1. The molecule has 3 heteroatoms. The molecular formula is C2H7CuLiO. The fourth-order valence-corrected chi connectivity index (χ4v) is 0. The zero-order valence-corrected chi connectivity index (χ0v) is 3.65. The molecule has 5 heavy (non-hydrogen) atoms. The molecule has 0 bridgehead atoms. The molecule has 0 N–H and O–H groups in total. The molecule has 0 aromatic carbocycles. The second-order valence-corrected chi connectivity index (χ2v) is 0.408. The Morgan fingerprint density at radius 2 is 1.20 bits per heavy atom. The summed E-state index contributed by atoms with van der Waals surface area (Å²) < 4.78 is 4.25. The van der Waals surface area contributed by atoms with E-state index in [-0.39, 0.29) is 35.9 Å². The number of rotatable bonds is 0. The average molecular weight is 118 g/mol. The van der Waals surface area contributed by atoms with Crippen molar-refractivity contribution >= 4 is 18.9 Å². The van der Waals surface area contributed by atoms with Crippen LogP contribution in [0.5, 0.6) is 0 Å². The summed E-state index contributed by atoms with van der Waals surface area (Å²) in [6.07, 6.45) is 0. The minimum absolute atomic E-state index is 0. The van der Waals surface area contributed by atoms with E-state index in [0.29, 0.717) is 0 Å². The first kappa shape index (κ1) is 16.5. The summed E-state index contributed by atoms with van der Waals surface area (Å²) >= 11 is 0. The number of hydrogen-bond donors (Lipinski definition) is 0. The summed E-state index contributed by atoms with van der Waals surface area (Å²) in [6, 6.07) is 0. The maximum atomic E-state index is 4.25. The van der Waals surface area contributed by atoms with Gasteiger partial charge in [-0.1, -0.05) is 0 Å². The Labute approximate surface area is 55.1 Å². The van der Waals surface area contributed by atoms with E-state index in [0.717, 1.165) is 0 Å². The normalized spacial score (nSPS) is 3.60. The summed E-state index contributed by atoms with van der Waals surface area (Å²) in [4.78, 5) is 0. The van der Waals surface area contributed by atoms with E-state index >= 15 is 0 Å². The van der Waals surface area contributed by atoms with Gasteiger partial charge in [-0.2, -0.15) is 0 Å². The minimum atomic E-state index is 0. The second kappa shape index (κ2) is 19.6. The zero-order valence-electron chi connectivity index (χ0n) is 2.71. The van der Waals surface area contributed by atoms with E-state index in [2.05, 4.69) is 4.74 Å². The molecule has 0 aliphatic carbocycles. The van der Waals surface area contributed by atoms with Crippen LogP contribution in [0.1, 0.15) is 0 Å². The van der Waals surface area contributed by atoms with Crippen molar-refractivity contribution in [3.63, 3.8) is 0 Å². The molecule has 0 unspecified atom stereocenters.